The summed E-state index contributed by atoms with van der Waals surface area (Å²) in [5.74, 6) is -2.08. The Morgan fingerprint density at radius 1 is 1.03 bits per heavy atom. The van der Waals surface area contributed by atoms with Gasteiger partial charge in [0.15, 0.2) is 0 Å². The number of aliphatic hydroxyl groups is 1. The van der Waals surface area contributed by atoms with E-state index in [1.54, 1.807) is 42.5 Å². The number of Topliss-reactive ketones (excluding diaryl/α,β-unsaturated/α-hetero) is 1. The summed E-state index contributed by atoms with van der Waals surface area (Å²) in [4.78, 5) is 27.3. The molecule has 4 rings (SSSR count). The Morgan fingerprint density at radius 2 is 1.71 bits per heavy atom. The first kappa shape index (κ1) is 20.6. The summed E-state index contributed by atoms with van der Waals surface area (Å²) in [7, 11) is 1.46. The number of anilines is 1. The number of carbonyl (C=O) groups excluding carboxylic acids is 2. The molecule has 0 spiro atoms. The van der Waals surface area contributed by atoms with Gasteiger partial charge in [-0.2, -0.15) is 0 Å². The van der Waals surface area contributed by atoms with Crippen molar-refractivity contribution in [3.05, 3.63) is 100 Å². The molecule has 156 valence electrons. The van der Waals surface area contributed by atoms with Crippen LogP contribution in [0.5, 0.6) is 5.75 Å². The van der Waals surface area contributed by atoms with Gasteiger partial charge in [-0.25, -0.2) is 4.39 Å². The van der Waals surface area contributed by atoms with Gasteiger partial charge in [-0.1, -0.05) is 41.9 Å². The van der Waals surface area contributed by atoms with Gasteiger partial charge < -0.3 is 9.84 Å². The maximum atomic E-state index is 13.5. The molecular formula is C24H17ClFNO4. The predicted molar refractivity (Wildman–Crippen MR) is 116 cm³/mol. The largest absolute Gasteiger partial charge is 0.507 e. The highest BCUT2D eigenvalue weighted by Crippen LogP contribution is 2.42. The molecular weight excluding hydrogens is 421 g/mol. The lowest BCUT2D eigenvalue weighted by atomic mass is 9.95. The number of ketones is 1. The molecule has 0 saturated carbocycles. The minimum absolute atomic E-state index is 0.0817. The van der Waals surface area contributed by atoms with Crippen LogP contribution in [-0.2, 0) is 9.59 Å². The van der Waals surface area contributed by atoms with Crippen molar-refractivity contribution in [2.24, 2.45) is 0 Å². The highest BCUT2D eigenvalue weighted by atomic mass is 35.5. The van der Waals surface area contributed by atoms with Crippen LogP contribution in [0.2, 0.25) is 5.02 Å². The lowest BCUT2D eigenvalue weighted by molar-refractivity contribution is -0.132. The molecule has 1 amide bonds. The fourth-order valence-corrected chi connectivity index (χ4v) is 3.88. The Kier molecular flexibility index (Phi) is 5.48. The molecule has 1 atom stereocenters. The summed E-state index contributed by atoms with van der Waals surface area (Å²) in [6.45, 7) is 0. The zero-order valence-corrected chi connectivity index (χ0v) is 17.1. The third-order valence-electron chi connectivity index (χ3n) is 5.09. The van der Waals surface area contributed by atoms with E-state index < -0.39 is 23.5 Å². The van der Waals surface area contributed by atoms with Crippen LogP contribution >= 0.6 is 11.6 Å². The molecule has 3 aromatic rings. The number of nitrogens with zero attached hydrogens (tertiary/aromatic N) is 1. The van der Waals surface area contributed by atoms with Crippen molar-refractivity contribution >= 4 is 34.7 Å². The number of hydrogen-bond donors (Lipinski definition) is 1. The van der Waals surface area contributed by atoms with Crippen LogP contribution in [0.25, 0.3) is 5.76 Å². The van der Waals surface area contributed by atoms with Crippen LogP contribution in [-0.4, -0.2) is 23.9 Å². The molecule has 7 heteroatoms. The number of benzene rings is 3. The van der Waals surface area contributed by atoms with Gasteiger partial charge in [-0.15, -0.1) is 0 Å². The summed E-state index contributed by atoms with van der Waals surface area (Å²) in [6, 6.07) is 17.8. The maximum absolute atomic E-state index is 13.5. The Bertz CT molecular complexity index is 1190. The minimum Gasteiger partial charge on any atom is -0.507 e. The van der Waals surface area contributed by atoms with Crippen molar-refractivity contribution in [3.8, 4) is 5.75 Å². The molecule has 1 unspecified atom stereocenters. The topological polar surface area (TPSA) is 66.8 Å². The van der Waals surface area contributed by atoms with Gasteiger partial charge >= 0.3 is 0 Å². The molecule has 1 saturated heterocycles. The number of aliphatic hydroxyl groups excluding tert-OH is 1. The fraction of sp³-hybridized carbons (Fsp3) is 0.0833. The van der Waals surface area contributed by atoms with Crippen molar-refractivity contribution in [2.45, 2.75) is 6.04 Å². The van der Waals surface area contributed by atoms with E-state index in [9.17, 15) is 19.1 Å². The molecule has 1 N–H and O–H groups in total. The lowest BCUT2D eigenvalue weighted by Crippen LogP contribution is -2.29. The summed E-state index contributed by atoms with van der Waals surface area (Å²) in [5.41, 5.74) is 1.14. The van der Waals surface area contributed by atoms with Gasteiger partial charge in [0.2, 0.25) is 0 Å². The van der Waals surface area contributed by atoms with Gasteiger partial charge in [-0.3, -0.25) is 14.5 Å². The van der Waals surface area contributed by atoms with E-state index >= 15 is 0 Å². The van der Waals surface area contributed by atoms with Crippen molar-refractivity contribution in [1.29, 1.82) is 0 Å². The standard InChI is InChI=1S/C24H17ClFNO4/c1-31-19-12-7-15(13-18(19)25)22(28)20-21(14-5-3-2-4-6-14)27(24(30)23(20)29)17-10-8-16(26)9-11-17/h2-13,21,28H,1H3/b22-20-. The van der Waals surface area contributed by atoms with Crippen LogP contribution in [0.15, 0.2) is 78.4 Å². The van der Waals surface area contributed by atoms with E-state index in [-0.39, 0.29) is 21.9 Å². The predicted octanol–water partition coefficient (Wildman–Crippen LogP) is 5.11. The number of carbonyl (C=O) groups is 2. The highest BCUT2D eigenvalue weighted by molar-refractivity contribution is 6.51. The summed E-state index contributed by atoms with van der Waals surface area (Å²) < 4.78 is 18.6. The highest BCUT2D eigenvalue weighted by Gasteiger charge is 2.46. The lowest BCUT2D eigenvalue weighted by Gasteiger charge is -2.25. The summed E-state index contributed by atoms with van der Waals surface area (Å²) in [5, 5.41) is 11.3. The second kappa shape index (κ2) is 8.24. The zero-order chi connectivity index (χ0) is 22.1. The third-order valence-corrected chi connectivity index (χ3v) is 5.39. The molecule has 31 heavy (non-hydrogen) atoms. The van der Waals surface area contributed by atoms with Gasteiger partial charge in [0.25, 0.3) is 11.7 Å². The van der Waals surface area contributed by atoms with Crippen molar-refractivity contribution in [3.63, 3.8) is 0 Å². The van der Waals surface area contributed by atoms with Crippen molar-refractivity contribution in [2.75, 3.05) is 12.0 Å². The van der Waals surface area contributed by atoms with E-state index in [0.29, 0.717) is 17.0 Å². The summed E-state index contributed by atoms with van der Waals surface area (Å²) in [6.07, 6.45) is 0. The number of rotatable bonds is 4. The molecule has 0 bridgehead atoms. The first-order valence-corrected chi connectivity index (χ1v) is 9.75. The maximum Gasteiger partial charge on any atom is 0.300 e. The number of methoxy groups -OCH3 is 1. The van der Waals surface area contributed by atoms with Crippen LogP contribution in [0.4, 0.5) is 10.1 Å². The van der Waals surface area contributed by atoms with Gasteiger partial charge in [0.1, 0.15) is 17.3 Å². The third kappa shape index (κ3) is 3.66. The van der Waals surface area contributed by atoms with Gasteiger partial charge in [0, 0.05) is 11.3 Å². The van der Waals surface area contributed by atoms with Gasteiger partial charge in [-0.05, 0) is 48.0 Å². The molecule has 1 aliphatic rings. The van der Waals surface area contributed by atoms with E-state index in [0.717, 1.165) is 0 Å². The molecule has 3 aromatic carbocycles. The SMILES string of the molecule is COc1ccc(/C(O)=C2/C(=O)C(=O)N(c3ccc(F)cc3)C2c2ccccc2)cc1Cl. The van der Waals surface area contributed by atoms with Crippen LogP contribution in [0.3, 0.4) is 0 Å². The molecule has 1 heterocycles. The first-order chi connectivity index (χ1) is 14.9. The van der Waals surface area contributed by atoms with E-state index in [1.165, 1.54) is 42.3 Å². The normalized spacial score (nSPS) is 17.8. The Hall–Kier alpha value is -3.64. The molecule has 0 aromatic heterocycles. The fourth-order valence-electron chi connectivity index (χ4n) is 3.62. The second-order valence-electron chi connectivity index (χ2n) is 6.91. The Labute approximate surface area is 182 Å². The zero-order valence-electron chi connectivity index (χ0n) is 16.4. The smallest absolute Gasteiger partial charge is 0.300 e. The number of halogens is 2. The molecule has 1 aliphatic heterocycles. The van der Waals surface area contributed by atoms with Gasteiger partial charge in [0.05, 0.1) is 23.7 Å². The van der Waals surface area contributed by atoms with Crippen molar-refractivity contribution < 1.29 is 23.8 Å². The van der Waals surface area contributed by atoms with E-state index in [1.807, 2.05) is 0 Å². The minimum atomic E-state index is -0.896. The molecule has 0 radical (unpaired) electrons. The van der Waals surface area contributed by atoms with Crippen LogP contribution in [0.1, 0.15) is 17.2 Å². The first-order valence-electron chi connectivity index (χ1n) is 9.38. The molecule has 0 aliphatic carbocycles. The van der Waals surface area contributed by atoms with E-state index in [2.05, 4.69) is 0 Å². The average Bonchev–Trinajstić information content (AvgIpc) is 3.05. The van der Waals surface area contributed by atoms with Crippen LogP contribution in [0, 0.1) is 5.82 Å². The number of hydrogen-bond acceptors (Lipinski definition) is 4. The quantitative estimate of drug-likeness (QED) is 0.350. The second-order valence-corrected chi connectivity index (χ2v) is 7.31. The Morgan fingerprint density at radius 3 is 2.32 bits per heavy atom. The number of ether oxygens (including phenoxy) is 1. The average molecular weight is 438 g/mol. The number of amides is 1. The monoisotopic (exact) mass is 437 g/mol. The summed E-state index contributed by atoms with van der Waals surface area (Å²) >= 11 is 6.18. The van der Waals surface area contributed by atoms with Crippen LogP contribution < -0.4 is 9.64 Å². The van der Waals surface area contributed by atoms with Crippen molar-refractivity contribution in [1.82, 2.24) is 0 Å². The molecule has 5 nitrogen and oxygen atoms in total. The Balaban J connectivity index is 1.92. The molecule has 1 fully saturated rings. The van der Waals surface area contributed by atoms with E-state index in [4.69, 9.17) is 16.3 Å².